The summed E-state index contributed by atoms with van der Waals surface area (Å²) in [5, 5.41) is 0. The summed E-state index contributed by atoms with van der Waals surface area (Å²) < 4.78 is 37.4. The zero-order valence-corrected chi connectivity index (χ0v) is 9.51. The Morgan fingerprint density at radius 2 is 2.00 bits per heavy atom. The van der Waals surface area contributed by atoms with Crippen LogP contribution in [0.25, 0.3) is 5.57 Å². The third-order valence-corrected chi connectivity index (χ3v) is 2.14. The van der Waals surface area contributed by atoms with E-state index >= 15 is 0 Å². The molecule has 0 saturated heterocycles. The first kappa shape index (κ1) is 13.5. The number of alkyl halides is 3. The Kier molecular flexibility index (Phi) is 4.10. The molecule has 0 aliphatic rings. The molecule has 0 spiro atoms. The molecule has 5 heteroatoms. The fourth-order valence-corrected chi connectivity index (χ4v) is 1.38. The Hall–Kier alpha value is -1.58. The van der Waals surface area contributed by atoms with Gasteiger partial charge in [-0.2, -0.15) is 13.2 Å². The third-order valence-electron chi connectivity index (χ3n) is 2.14. The van der Waals surface area contributed by atoms with Crippen LogP contribution in [0.2, 0.25) is 0 Å². The lowest BCUT2D eigenvalue weighted by Gasteiger charge is -2.12. The van der Waals surface area contributed by atoms with Gasteiger partial charge in [-0.1, -0.05) is 12.1 Å². The van der Waals surface area contributed by atoms with E-state index in [4.69, 9.17) is 0 Å². The van der Waals surface area contributed by atoms with Gasteiger partial charge >= 0.3 is 6.18 Å². The van der Waals surface area contributed by atoms with Gasteiger partial charge < -0.3 is 4.90 Å². The molecule has 0 radical (unpaired) electrons. The van der Waals surface area contributed by atoms with Crippen molar-refractivity contribution in [3.63, 3.8) is 0 Å². The van der Waals surface area contributed by atoms with Gasteiger partial charge in [-0.05, 0) is 31.8 Å². The molecule has 0 aromatic heterocycles. The van der Waals surface area contributed by atoms with Gasteiger partial charge in [-0.15, -0.1) is 0 Å². The first-order chi connectivity index (χ1) is 7.84. The van der Waals surface area contributed by atoms with Gasteiger partial charge in [0, 0.05) is 6.54 Å². The van der Waals surface area contributed by atoms with Gasteiger partial charge in [0.2, 0.25) is 0 Å². The first-order valence-electron chi connectivity index (χ1n) is 4.91. The largest absolute Gasteiger partial charge is 0.416 e. The molecule has 0 aliphatic heterocycles. The van der Waals surface area contributed by atoms with Crippen LogP contribution in [0.15, 0.2) is 24.3 Å². The number of halogens is 3. The van der Waals surface area contributed by atoms with Crippen molar-refractivity contribution in [2.75, 3.05) is 20.6 Å². The van der Waals surface area contributed by atoms with Crippen LogP contribution < -0.4 is 0 Å². The molecule has 92 valence electrons. The smallest absolute Gasteiger partial charge is 0.304 e. The first-order valence-corrected chi connectivity index (χ1v) is 4.91. The van der Waals surface area contributed by atoms with E-state index in [9.17, 15) is 18.0 Å². The van der Waals surface area contributed by atoms with Crippen LogP contribution in [0.5, 0.6) is 0 Å². The van der Waals surface area contributed by atoms with Crippen LogP contribution in [0.1, 0.15) is 11.1 Å². The van der Waals surface area contributed by atoms with Gasteiger partial charge in [0.05, 0.1) is 11.1 Å². The van der Waals surface area contributed by atoms with Crippen LogP contribution in [0.4, 0.5) is 13.2 Å². The normalized spacial score (nSPS) is 11.4. The van der Waals surface area contributed by atoms with Crippen molar-refractivity contribution in [2.24, 2.45) is 0 Å². The molecule has 2 nitrogen and oxygen atoms in total. The molecule has 0 bridgehead atoms. The zero-order valence-electron chi connectivity index (χ0n) is 9.51. The molecule has 0 amide bonds. The van der Waals surface area contributed by atoms with E-state index in [0.717, 1.165) is 12.1 Å². The van der Waals surface area contributed by atoms with E-state index in [1.54, 1.807) is 24.9 Å². The topological polar surface area (TPSA) is 20.3 Å². The highest BCUT2D eigenvalue weighted by molar-refractivity contribution is 5.88. The lowest BCUT2D eigenvalue weighted by molar-refractivity contribution is -0.137. The molecule has 1 rings (SSSR count). The lowest BCUT2D eigenvalue weighted by atomic mass is 10.0. The Bertz CT molecular complexity index is 445. The van der Waals surface area contributed by atoms with E-state index < -0.39 is 11.7 Å². The summed E-state index contributed by atoms with van der Waals surface area (Å²) in [6, 6.07) is 4.69. The van der Waals surface area contributed by atoms with Crippen LogP contribution in [0.3, 0.4) is 0 Å². The maximum atomic E-state index is 12.5. The minimum Gasteiger partial charge on any atom is -0.304 e. The highest BCUT2D eigenvalue weighted by Crippen LogP contribution is 2.30. The van der Waals surface area contributed by atoms with E-state index in [1.165, 1.54) is 12.1 Å². The monoisotopic (exact) mass is 243 g/mol. The van der Waals surface area contributed by atoms with Crippen LogP contribution in [-0.2, 0) is 11.0 Å². The van der Waals surface area contributed by atoms with Crippen molar-refractivity contribution in [1.29, 1.82) is 0 Å². The average Bonchev–Trinajstić information content (AvgIpc) is 2.24. The average molecular weight is 243 g/mol. The number of hydrogen-bond donors (Lipinski definition) is 0. The summed E-state index contributed by atoms with van der Waals surface area (Å²) in [5.74, 6) is 1.69. The van der Waals surface area contributed by atoms with Crippen LogP contribution in [0, 0.1) is 0 Å². The third kappa shape index (κ3) is 3.73. The standard InChI is InChI=1S/C12H12F3NO/c1-16(2)7-10(8-17)9-4-3-5-11(6-9)12(13,14)15/h3-6H,7H2,1-2H3. The Balaban J connectivity index is 3.11. The minimum absolute atomic E-state index is 0.209. The van der Waals surface area contributed by atoms with Gasteiger partial charge in [0.1, 0.15) is 5.94 Å². The van der Waals surface area contributed by atoms with Crippen molar-refractivity contribution in [1.82, 2.24) is 4.90 Å². The molecule has 17 heavy (non-hydrogen) atoms. The van der Waals surface area contributed by atoms with Gasteiger partial charge in [0.15, 0.2) is 0 Å². The maximum Gasteiger partial charge on any atom is 0.416 e. The second-order valence-electron chi connectivity index (χ2n) is 3.90. The summed E-state index contributed by atoms with van der Waals surface area (Å²) in [6.07, 6.45) is -4.40. The van der Waals surface area contributed by atoms with Crippen molar-refractivity contribution < 1.29 is 18.0 Å². The summed E-state index contributed by atoms with van der Waals surface area (Å²) in [5.41, 5.74) is -0.300. The van der Waals surface area contributed by atoms with Gasteiger partial charge in [-0.3, -0.25) is 0 Å². The molecule has 0 aliphatic carbocycles. The molecule has 0 N–H and O–H groups in total. The number of nitrogens with zero attached hydrogens (tertiary/aromatic N) is 1. The fraction of sp³-hybridized carbons (Fsp3) is 0.333. The molecular formula is C12H12F3NO. The van der Waals surface area contributed by atoms with Crippen LogP contribution >= 0.6 is 0 Å². The van der Waals surface area contributed by atoms with Crippen molar-refractivity contribution in [2.45, 2.75) is 6.18 Å². The lowest BCUT2D eigenvalue weighted by Crippen LogP contribution is -2.15. The molecule has 0 heterocycles. The Labute approximate surface area is 97.3 Å². The Morgan fingerprint density at radius 3 is 2.47 bits per heavy atom. The summed E-state index contributed by atoms with van der Waals surface area (Å²) in [4.78, 5) is 12.4. The quantitative estimate of drug-likeness (QED) is 0.760. The highest BCUT2D eigenvalue weighted by Gasteiger charge is 2.30. The predicted octanol–water partition coefficient (Wildman–Crippen LogP) is 2.48. The molecular weight excluding hydrogens is 231 g/mol. The zero-order chi connectivity index (χ0) is 13.1. The van der Waals surface area contributed by atoms with E-state index in [0.29, 0.717) is 0 Å². The molecule has 0 fully saturated rings. The maximum absolute atomic E-state index is 12.5. The van der Waals surface area contributed by atoms with Crippen molar-refractivity contribution >= 4 is 11.5 Å². The van der Waals surface area contributed by atoms with Crippen molar-refractivity contribution in [3.05, 3.63) is 35.4 Å². The highest BCUT2D eigenvalue weighted by atomic mass is 19.4. The predicted molar refractivity (Wildman–Crippen MR) is 59.1 cm³/mol. The summed E-state index contributed by atoms with van der Waals surface area (Å²) in [7, 11) is 3.45. The molecule has 0 unspecified atom stereocenters. The van der Waals surface area contributed by atoms with Crippen LogP contribution in [-0.4, -0.2) is 31.5 Å². The van der Waals surface area contributed by atoms with E-state index in [1.807, 2.05) is 0 Å². The number of likely N-dealkylation sites (N-methyl/N-ethyl adjacent to an activating group) is 1. The summed E-state index contributed by atoms with van der Waals surface area (Å²) in [6.45, 7) is 0.255. The van der Waals surface area contributed by atoms with Gasteiger partial charge in [0.25, 0.3) is 0 Å². The number of carbonyl (C=O) groups excluding carboxylic acids is 1. The second kappa shape index (κ2) is 5.17. The minimum atomic E-state index is -4.40. The Morgan fingerprint density at radius 1 is 1.35 bits per heavy atom. The summed E-state index contributed by atoms with van der Waals surface area (Å²) >= 11 is 0. The van der Waals surface area contributed by atoms with E-state index in [2.05, 4.69) is 0 Å². The SMILES string of the molecule is CN(C)CC(=C=O)c1cccc(C(F)(F)F)c1. The van der Waals surface area contributed by atoms with E-state index in [-0.39, 0.29) is 17.7 Å². The number of benzene rings is 1. The molecule has 1 aromatic rings. The fourth-order valence-electron chi connectivity index (χ4n) is 1.38. The molecule has 1 aromatic carbocycles. The molecule has 0 atom stereocenters. The number of rotatable bonds is 3. The second-order valence-corrected chi connectivity index (χ2v) is 3.90. The van der Waals surface area contributed by atoms with Gasteiger partial charge in [-0.25, -0.2) is 4.79 Å². The molecule has 0 saturated carbocycles. The number of hydrogen-bond acceptors (Lipinski definition) is 2. The van der Waals surface area contributed by atoms with Crippen molar-refractivity contribution in [3.8, 4) is 0 Å².